The van der Waals surface area contributed by atoms with Crippen LogP contribution in [0.15, 0.2) is 91.0 Å². The van der Waals surface area contributed by atoms with E-state index in [0.717, 1.165) is 106 Å². The third-order valence-electron chi connectivity index (χ3n) is 15.9. The first-order chi connectivity index (χ1) is 37.6. The second-order valence-corrected chi connectivity index (χ2v) is 23.3. The van der Waals surface area contributed by atoms with E-state index in [4.69, 9.17) is 19.6 Å². The van der Waals surface area contributed by atoms with Crippen LogP contribution in [0.1, 0.15) is 128 Å². The van der Waals surface area contributed by atoms with Crippen LogP contribution in [0.25, 0.3) is 32.2 Å². The number of para-hydroxylation sites is 1. The van der Waals surface area contributed by atoms with Gasteiger partial charge in [0.25, 0.3) is 5.91 Å². The molecular formula is C61H67N9O7S. The van der Waals surface area contributed by atoms with Crippen molar-refractivity contribution >= 4 is 78.7 Å². The van der Waals surface area contributed by atoms with Crippen LogP contribution in [-0.4, -0.2) is 98.7 Å². The summed E-state index contributed by atoms with van der Waals surface area (Å²) >= 11 is 1.45. The number of carbonyl (C=O) groups is 5. The molecule has 0 bridgehead atoms. The van der Waals surface area contributed by atoms with Crippen molar-refractivity contribution in [1.29, 1.82) is 0 Å². The van der Waals surface area contributed by atoms with Gasteiger partial charge < -0.3 is 24.2 Å². The normalized spacial score (nSPS) is 18.9. The van der Waals surface area contributed by atoms with Crippen LogP contribution < -0.4 is 25.2 Å². The fourth-order valence-electron chi connectivity index (χ4n) is 11.8. The SMILES string of the molecule is Cc1c(O[C@H]2CC[C@H](CCCC(=O)N3CCN(c4ccc5c(C6CCC(=O)NC6=O)nn(C)c5c4)CC3)CC2)cccc1-c1ccc(N2CCc3cccc(C(=O)Nc4nc5ccccc5s4)c3C2)nc1C(=O)OC(C)(C)C. The number of rotatable bonds is 13. The Labute approximate surface area is 458 Å². The molecule has 0 radical (unpaired) electrons. The molecule has 4 amide bonds. The quantitative estimate of drug-likeness (QED) is 0.0825. The van der Waals surface area contributed by atoms with Gasteiger partial charge in [-0.15, -0.1) is 0 Å². The van der Waals surface area contributed by atoms with E-state index in [-0.39, 0.29) is 35.4 Å². The maximum atomic E-state index is 14.1. The number of anilines is 3. The minimum Gasteiger partial charge on any atom is -0.490 e. The number of aryl methyl sites for hydroxylation is 1. The zero-order valence-corrected chi connectivity index (χ0v) is 45.9. The molecule has 1 atom stereocenters. The first-order valence-corrected chi connectivity index (χ1v) is 28.3. The molecule has 1 unspecified atom stereocenters. The van der Waals surface area contributed by atoms with Crippen LogP contribution >= 0.6 is 11.3 Å². The Kier molecular flexibility index (Phi) is 14.8. The lowest BCUT2D eigenvalue weighted by Gasteiger charge is -2.36. The van der Waals surface area contributed by atoms with E-state index in [9.17, 15) is 24.0 Å². The summed E-state index contributed by atoms with van der Waals surface area (Å²) < 4.78 is 15.6. The standard InChI is InChI=1S/C61H67N9O7S/c1-37-42(43-25-27-52(63-56(43)59(75)77-61(2,3)4)70-30-29-39-12-9-14-44(47(39)36-70)57(73)65-60-62-48-15-6-7-17-51(48)78-60)13-10-16-50(37)76-41-22-19-38(20-23-41)11-8-18-54(72)69-33-31-68(32-34-69)40-21-24-45-49(35-40)67(5)66-55(45)46-26-28-53(71)64-58(46)74/h6-7,9-10,12-17,21,24-25,27,35,38,41,46H,8,11,18-20,22-23,26,28-34,36H2,1-5H3,(H,62,65,73)(H,64,71,74)/t38-,41-,46?. The number of hydrogen-bond acceptors (Lipinski definition) is 13. The number of piperidine rings is 1. The lowest BCUT2D eigenvalue weighted by atomic mass is 9.84. The van der Waals surface area contributed by atoms with Gasteiger partial charge in [-0.2, -0.15) is 5.10 Å². The summed E-state index contributed by atoms with van der Waals surface area (Å²) in [7, 11) is 1.88. The summed E-state index contributed by atoms with van der Waals surface area (Å²) in [5.74, 6) is 0.464. The average Bonchev–Trinajstić information content (AvgIpc) is 4.15. The van der Waals surface area contributed by atoms with Gasteiger partial charge in [-0.1, -0.05) is 47.7 Å². The molecule has 1 aliphatic carbocycles. The van der Waals surface area contributed by atoms with Crippen molar-refractivity contribution in [2.75, 3.05) is 47.8 Å². The number of hydrogen-bond donors (Lipinski definition) is 2. The third-order valence-corrected chi connectivity index (χ3v) is 16.9. The molecule has 1 saturated carbocycles. The van der Waals surface area contributed by atoms with Crippen LogP contribution in [0.5, 0.6) is 5.75 Å². The highest BCUT2D eigenvalue weighted by atomic mass is 32.1. The van der Waals surface area contributed by atoms with Crippen molar-refractivity contribution < 1.29 is 33.4 Å². The van der Waals surface area contributed by atoms with Crippen molar-refractivity contribution in [2.45, 2.75) is 116 Å². The Balaban J connectivity index is 0.684. The Hall–Kier alpha value is -7.66. The first kappa shape index (κ1) is 52.4. The fraction of sp³-hybridized carbons (Fsp3) is 0.410. The summed E-state index contributed by atoms with van der Waals surface area (Å²) in [6.45, 7) is 11.5. The Morgan fingerprint density at radius 1 is 0.821 bits per heavy atom. The lowest BCUT2D eigenvalue weighted by molar-refractivity contribution is -0.134. The van der Waals surface area contributed by atoms with Gasteiger partial charge in [0.2, 0.25) is 17.7 Å². The number of benzene rings is 4. The number of carbonyl (C=O) groups excluding carboxylic acids is 5. The number of aromatic nitrogens is 4. The Morgan fingerprint density at radius 2 is 1.62 bits per heavy atom. The highest BCUT2D eigenvalue weighted by molar-refractivity contribution is 7.22. The molecule has 2 N–H and O–H groups in total. The van der Waals surface area contributed by atoms with Crippen molar-refractivity contribution in [3.05, 3.63) is 125 Å². The number of esters is 1. The molecule has 3 aliphatic heterocycles. The van der Waals surface area contributed by atoms with Gasteiger partial charge in [0.15, 0.2) is 10.8 Å². The summed E-state index contributed by atoms with van der Waals surface area (Å²) in [6, 6.07) is 29.8. The minimum absolute atomic E-state index is 0.0556. The number of thiazole rings is 1. The summed E-state index contributed by atoms with van der Waals surface area (Å²) in [6.07, 6.45) is 7.88. The van der Waals surface area contributed by atoms with E-state index in [1.807, 2.05) is 117 Å². The molecule has 11 rings (SSSR count). The number of nitrogens with one attached hydrogen (secondary N) is 2. The van der Waals surface area contributed by atoms with Crippen LogP contribution in [0.2, 0.25) is 0 Å². The number of amides is 4. The third kappa shape index (κ3) is 11.2. The molecule has 3 aromatic heterocycles. The molecule has 4 aromatic carbocycles. The van der Waals surface area contributed by atoms with E-state index in [1.165, 1.54) is 11.3 Å². The van der Waals surface area contributed by atoms with Gasteiger partial charge >= 0.3 is 5.97 Å². The first-order valence-electron chi connectivity index (χ1n) is 27.5. The van der Waals surface area contributed by atoms with Gasteiger partial charge in [0, 0.05) is 81.4 Å². The maximum Gasteiger partial charge on any atom is 0.358 e. The second kappa shape index (κ2) is 22.0. The summed E-state index contributed by atoms with van der Waals surface area (Å²) in [4.78, 5) is 81.9. The van der Waals surface area contributed by atoms with Crippen LogP contribution in [0.4, 0.5) is 16.6 Å². The van der Waals surface area contributed by atoms with E-state index >= 15 is 0 Å². The fourth-order valence-corrected chi connectivity index (χ4v) is 12.6. The molecule has 404 valence electrons. The Morgan fingerprint density at radius 3 is 2.40 bits per heavy atom. The largest absolute Gasteiger partial charge is 0.490 e. The minimum atomic E-state index is -0.748. The number of imide groups is 1. The summed E-state index contributed by atoms with van der Waals surface area (Å²) in [5, 5.41) is 11.7. The zero-order chi connectivity index (χ0) is 54.2. The molecule has 7 aromatic rings. The Bertz CT molecular complexity index is 3420. The number of nitrogens with zero attached hydrogens (tertiary/aromatic N) is 7. The highest BCUT2D eigenvalue weighted by Gasteiger charge is 2.33. The second-order valence-electron chi connectivity index (χ2n) is 22.3. The smallest absolute Gasteiger partial charge is 0.358 e. The van der Waals surface area contributed by atoms with Crippen LogP contribution in [0, 0.1) is 12.8 Å². The molecule has 78 heavy (non-hydrogen) atoms. The van der Waals surface area contributed by atoms with E-state index in [2.05, 4.69) is 43.6 Å². The zero-order valence-electron chi connectivity index (χ0n) is 45.1. The topological polar surface area (TPSA) is 181 Å². The van der Waals surface area contributed by atoms with Gasteiger partial charge in [-0.05, 0) is 162 Å². The molecule has 4 aliphatic rings. The van der Waals surface area contributed by atoms with Crippen molar-refractivity contribution in [1.82, 2.24) is 30.0 Å². The van der Waals surface area contributed by atoms with Gasteiger partial charge in [0.05, 0.1) is 33.4 Å². The predicted molar refractivity (Wildman–Crippen MR) is 303 cm³/mol. The van der Waals surface area contributed by atoms with Gasteiger partial charge in [0.1, 0.15) is 17.2 Å². The van der Waals surface area contributed by atoms with E-state index < -0.39 is 17.5 Å². The molecule has 17 heteroatoms. The van der Waals surface area contributed by atoms with Gasteiger partial charge in [-0.25, -0.2) is 14.8 Å². The number of piperazine rings is 1. The van der Waals surface area contributed by atoms with Crippen molar-refractivity contribution in [3.8, 4) is 16.9 Å². The monoisotopic (exact) mass is 1070 g/mol. The van der Waals surface area contributed by atoms with E-state index in [0.29, 0.717) is 85.6 Å². The molecule has 16 nitrogen and oxygen atoms in total. The molecule has 0 spiro atoms. The van der Waals surface area contributed by atoms with Gasteiger partial charge in [-0.3, -0.25) is 34.5 Å². The number of ether oxygens (including phenoxy) is 2. The molecular weight excluding hydrogens is 1000 g/mol. The van der Waals surface area contributed by atoms with Crippen LogP contribution in [0.3, 0.4) is 0 Å². The lowest BCUT2D eigenvalue weighted by Crippen LogP contribution is -2.48. The summed E-state index contributed by atoms with van der Waals surface area (Å²) in [5.41, 5.74) is 8.06. The van der Waals surface area contributed by atoms with Crippen molar-refractivity contribution in [3.63, 3.8) is 0 Å². The van der Waals surface area contributed by atoms with Crippen molar-refractivity contribution in [2.24, 2.45) is 13.0 Å². The van der Waals surface area contributed by atoms with Crippen LogP contribution in [-0.2, 0) is 39.1 Å². The predicted octanol–water partition coefficient (Wildman–Crippen LogP) is 10.3. The average molecular weight is 1070 g/mol. The molecule has 6 heterocycles. The number of fused-ring (bicyclic) bond motifs is 3. The highest BCUT2D eigenvalue weighted by Crippen LogP contribution is 2.39. The number of pyridine rings is 1. The molecule has 3 fully saturated rings. The molecule has 2 saturated heterocycles. The maximum absolute atomic E-state index is 14.1. The van der Waals surface area contributed by atoms with E-state index in [1.54, 1.807) is 0 Å².